The van der Waals surface area contributed by atoms with Gasteiger partial charge in [-0.05, 0) is 42.7 Å². The first-order chi connectivity index (χ1) is 15.1. The van der Waals surface area contributed by atoms with Crippen LogP contribution in [0.5, 0.6) is 0 Å². The molecule has 8 heteroatoms. The topological polar surface area (TPSA) is 80.1 Å². The van der Waals surface area contributed by atoms with Gasteiger partial charge in [0.05, 0.1) is 12.3 Å². The Bertz CT molecular complexity index is 1080. The normalized spacial score (nSPS) is 14.6. The van der Waals surface area contributed by atoms with E-state index in [-0.39, 0.29) is 17.6 Å². The third kappa shape index (κ3) is 5.25. The molecule has 31 heavy (non-hydrogen) atoms. The van der Waals surface area contributed by atoms with E-state index >= 15 is 0 Å². The van der Waals surface area contributed by atoms with Crippen molar-refractivity contribution in [1.29, 1.82) is 0 Å². The molecule has 1 N–H and O–H groups in total. The van der Waals surface area contributed by atoms with Crippen LogP contribution in [0.1, 0.15) is 38.4 Å². The summed E-state index contributed by atoms with van der Waals surface area (Å²) in [5.41, 5.74) is 0.779. The van der Waals surface area contributed by atoms with Gasteiger partial charge in [-0.3, -0.25) is 9.59 Å². The van der Waals surface area contributed by atoms with Crippen LogP contribution in [0.4, 0.5) is 5.69 Å². The average Bonchev–Trinajstić information content (AvgIpc) is 3.06. The maximum absolute atomic E-state index is 12.5. The fourth-order valence-corrected chi connectivity index (χ4v) is 4.65. The smallest absolute Gasteiger partial charge is 0.234 e. The highest BCUT2D eigenvalue weighted by atomic mass is 32.2. The summed E-state index contributed by atoms with van der Waals surface area (Å²) in [6, 6.07) is 13.9. The second-order valence-electron chi connectivity index (χ2n) is 7.67. The molecule has 1 aromatic heterocycles. The zero-order valence-corrected chi connectivity index (χ0v) is 18.5. The molecule has 2 aromatic carbocycles. The van der Waals surface area contributed by atoms with E-state index in [0.29, 0.717) is 24.7 Å². The Labute approximate surface area is 186 Å². The lowest BCUT2D eigenvalue weighted by molar-refractivity contribution is -0.131. The minimum atomic E-state index is -0.0878. The molecule has 4 rings (SSSR count). The number of likely N-dealkylation sites (tertiary alicyclic amines) is 1. The van der Waals surface area contributed by atoms with Crippen LogP contribution in [0.3, 0.4) is 0 Å². The number of amides is 2. The van der Waals surface area contributed by atoms with Gasteiger partial charge in [0.25, 0.3) is 0 Å². The molecule has 0 saturated carbocycles. The number of nitrogens with one attached hydrogen (secondary N) is 1. The molecule has 0 spiro atoms. The maximum Gasteiger partial charge on any atom is 0.234 e. The van der Waals surface area contributed by atoms with E-state index in [0.717, 1.165) is 48.1 Å². The lowest BCUT2D eigenvalue weighted by Gasteiger charge is -2.20. The highest BCUT2D eigenvalue weighted by Crippen LogP contribution is 2.22. The van der Waals surface area contributed by atoms with Crippen LogP contribution < -0.4 is 5.32 Å². The van der Waals surface area contributed by atoms with Gasteiger partial charge < -0.3 is 14.8 Å². The summed E-state index contributed by atoms with van der Waals surface area (Å²) in [6.45, 7) is 3.96. The standard InChI is InChI=1S/C23H27N5O2S/c1-2-28-20(15-27-13-7-3-4-10-22(27)30)25-26-23(28)31-16-21(29)24-19-12-11-17-8-5-6-9-18(17)14-19/h5-6,8-9,11-12,14H,2-4,7,10,13,15-16H2,1H3,(H,24,29). The van der Waals surface area contributed by atoms with Crippen molar-refractivity contribution < 1.29 is 9.59 Å². The number of hydrogen-bond acceptors (Lipinski definition) is 5. The van der Waals surface area contributed by atoms with Crippen molar-refractivity contribution in [1.82, 2.24) is 19.7 Å². The van der Waals surface area contributed by atoms with Crippen molar-refractivity contribution in [2.75, 3.05) is 17.6 Å². The first kappa shape index (κ1) is 21.4. The van der Waals surface area contributed by atoms with Crippen molar-refractivity contribution in [2.45, 2.75) is 50.9 Å². The Morgan fingerprint density at radius 1 is 1.10 bits per heavy atom. The fraction of sp³-hybridized carbons (Fsp3) is 0.391. The van der Waals surface area contributed by atoms with Crippen LogP contribution in [0.25, 0.3) is 10.8 Å². The molecule has 0 atom stereocenters. The minimum absolute atomic E-state index is 0.0878. The number of carbonyl (C=O) groups excluding carboxylic acids is 2. The van der Waals surface area contributed by atoms with Crippen molar-refractivity contribution in [3.63, 3.8) is 0 Å². The lowest BCUT2D eigenvalue weighted by Crippen LogP contribution is -2.31. The molecule has 162 valence electrons. The highest BCUT2D eigenvalue weighted by Gasteiger charge is 2.21. The average molecular weight is 438 g/mol. The van der Waals surface area contributed by atoms with E-state index in [1.165, 1.54) is 11.8 Å². The zero-order valence-electron chi connectivity index (χ0n) is 17.7. The summed E-state index contributed by atoms with van der Waals surface area (Å²) in [5.74, 6) is 1.12. The van der Waals surface area contributed by atoms with Crippen LogP contribution in [0, 0.1) is 0 Å². The number of hydrogen-bond donors (Lipinski definition) is 1. The number of nitrogens with zero attached hydrogens (tertiary/aromatic N) is 4. The van der Waals surface area contributed by atoms with Gasteiger partial charge in [-0.25, -0.2) is 0 Å². The quantitative estimate of drug-likeness (QED) is 0.563. The molecule has 1 aliphatic heterocycles. The molecule has 0 aliphatic carbocycles. The maximum atomic E-state index is 12.5. The summed E-state index contributed by atoms with van der Waals surface area (Å²) >= 11 is 1.36. The van der Waals surface area contributed by atoms with Crippen LogP contribution in [-0.2, 0) is 22.7 Å². The van der Waals surface area contributed by atoms with E-state index in [9.17, 15) is 9.59 Å². The Kier molecular flexibility index (Phi) is 6.86. The molecule has 1 fully saturated rings. The predicted octanol–water partition coefficient (Wildman–Crippen LogP) is 4.08. The Morgan fingerprint density at radius 3 is 2.77 bits per heavy atom. The summed E-state index contributed by atoms with van der Waals surface area (Å²) < 4.78 is 1.99. The van der Waals surface area contributed by atoms with Crippen molar-refractivity contribution in [3.05, 3.63) is 48.3 Å². The number of thioether (sulfide) groups is 1. The summed E-state index contributed by atoms with van der Waals surface area (Å²) in [6.07, 6.45) is 3.69. The van der Waals surface area contributed by atoms with Gasteiger partial charge >= 0.3 is 0 Å². The van der Waals surface area contributed by atoms with Gasteiger partial charge in [0, 0.05) is 25.2 Å². The molecule has 0 radical (unpaired) electrons. The SMILES string of the molecule is CCn1c(CN2CCCCCC2=O)nnc1SCC(=O)Nc1ccc2ccccc2c1. The number of benzene rings is 2. The summed E-state index contributed by atoms with van der Waals surface area (Å²) in [7, 11) is 0. The molecule has 7 nitrogen and oxygen atoms in total. The van der Waals surface area contributed by atoms with E-state index in [2.05, 4.69) is 15.5 Å². The van der Waals surface area contributed by atoms with Crippen LogP contribution >= 0.6 is 11.8 Å². The number of anilines is 1. The first-order valence-corrected chi connectivity index (χ1v) is 11.7. The number of rotatable bonds is 7. The van der Waals surface area contributed by atoms with Crippen molar-refractivity contribution in [2.24, 2.45) is 0 Å². The molecule has 1 aliphatic rings. The highest BCUT2D eigenvalue weighted by molar-refractivity contribution is 7.99. The molecule has 1 saturated heterocycles. The first-order valence-electron chi connectivity index (χ1n) is 10.8. The van der Waals surface area contributed by atoms with Gasteiger partial charge in [-0.1, -0.05) is 48.5 Å². The molecule has 2 heterocycles. The van der Waals surface area contributed by atoms with Gasteiger partial charge in [-0.2, -0.15) is 0 Å². The number of carbonyl (C=O) groups is 2. The minimum Gasteiger partial charge on any atom is -0.335 e. The lowest BCUT2D eigenvalue weighted by atomic mass is 10.1. The Hall–Kier alpha value is -2.87. The molecule has 3 aromatic rings. The van der Waals surface area contributed by atoms with Crippen LogP contribution in [0.2, 0.25) is 0 Å². The van der Waals surface area contributed by atoms with Gasteiger partial charge in [-0.15, -0.1) is 10.2 Å². The second kappa shape index (κ2) is 9.96. The van der Waals surface area contributed by atoms with Crippen molar-refractivity contribution in [3.8, 4) is 0 Å². The molecular weight excluding hydrogens is 410 g/mol. The van der Waals surface area contributed by atoms with Gasteiger partial charge in [0.2, 0.25) is 11.8 Å². The van der Waals surface area contributed by atoms with Crippen molar-refractivity contribution >= 4 is 40.0 Å². The third-order valence-electron chi connectivity index (χ3n) is 5.48. The third-order valence-corrected chi connectivity index (χ3v) is 6.45. The van der Waals surface area contributed by atoms with E-state index < -0.39 is 0 Å². The van der Waals surface area contributed by atoms with Gasteiger partial charge in [0.1, 0.15) is 0 Å². The Balaban J connectivity index is 1.37. The summed E-state index contributed by atoms with van der Waals surface area (Å²) in [5, 5.41) is 14.5. The fourth-order valence-electron chi connectivity index (χ4n) is 3.83. The molecular formula is C23H27N5O2S. The predicted molar refractivity (Wildman–Crippen MR) is 123 cm³/mol. The Morgan fingerprint density at radius 2 is 1.94 bits per heavy atom. The molecule has 0 bridgehead atoms. The summed E-state index contributed by atoms with van der Waals surface area (Å²) in [4.78, 5) is 26.7. The van der Waals surface area contributed by atoms with Crippen LogP contribution in [-0.4, -0.2) is 43.8 Å². The molecule has 2 amide bonds. The van der Waals surface area contributed by atoms with Gasteiger partial charge in [0.15, 0.2) is 11.0 Å². The number of aromatic nitrogens is 3. The monoisotopic (exact) mass is 437 g/mol. The van der Waals surface area contributed by atoms with Crippen LogP contribution in [0.15, 0.2) is 47.6 Å². The van der Waals surface area contributed by atoms with E-state index in [1.54, 1.807) is 0 Å². The zero-order chi connectivity index (χ0) is 21.6. The second-order valence-corrected chi connectivity index (χ2v) is 8.61. The van der Waals surface area contributed by atoms with E-state index in [1.807, 2.05) is 58.9 Å². The largest absolute Gasteiger partial charge is 0.335 e. The number of fused-ring (bicyclic) bond motifs is 1. The van der Waals surface area contributed by atoms with E-state index in [4.69, 9.17) is 0 Å². The molecule has 0 unspecified atom stereocenters.